The van der Waals surface area contributed by atoms with Gasteiger partial charge in [0.25, 0.3) is 0 Å². The zero-order chi connectivity index (χ0) is 17.9. The minimum absolute atomic E-state index is 0.0573. The molecule has 0 aromatic heterocycles. The molecule has 0 amide bonds. The third-order valence-corrected chi connectivity index (χ3v) is 5.13. The van der Waals surface area contributed by atoms with Crippen molar-refractivity contribution in [2.45, 2.75) is 24.4 Å². The van der Waals surface area contributed by atoms with Gasteiger partial charge in [0, 0.05) is 32.4 Å². The molecule has 24 heavy (non-hydrogen) atoms. The van der Waals surface area contributed by atoms with Crippen LogP contribution in [-0.2, 0) is 16.6 Å². The highest BCUT2D eigenvalue weighted by Gasteiger charge is 2.16. The quantitative estimate of drug-likeness (QED) is 0.872. The van der Waals surface area contributed by atoms with Gasteiger partial charge in [0.1, 0.15) is 0 Å². The SMILES string of the molecule is C[C@@H](c1cccc(S(N)(=O)=O)c1)N(C)Cc1ccccc1N(C)C. The number of primary sulfonamides is 1. The van der Waals surface area contributed by atoms with Crippen molar-refractivity contribution in [1.82, 2.24) is 4.90 Å². The zero-order valence-electron chi connectivity index (χ0n) is 14.6. The van der Waals surface area contributed by atoms with Crippen molar-refractivity contribution in [1.29, 1.82) is 0 Å². The molecule has 0 fully saturated rings. The Balaban J connectivity index is 2.23. The minimum Gasteiger partial charge on any atom is -0.377 e. The number of hydrogen-bond donors (Lipinski definition) is 1. The van der Waals surface area contributed by atoms with E-state index in [0.29, 0.717) is 0 Å². The fraction of sp³-hybridized carbons (Fsp3) is 0.333. The number of hydrogen-bond acceptors (Lipinski definition) is 4. The van der Waals surface area contributed by atoms with Gasteiger partial charge in [-0.05, 0) is 43.3 Å². The third kappa shape index (κ3) is 4.35. The van der Waals surface area contributed by atoms with Crippen LogP contribution in [0.2, 0.25) is 0 Å². The van der Waals surface area contributed by atoms with Crippen molar-refractivity contribution in [3.05, 3.63) is 59.7 Å². The van der Waals surface area contributed by atoms with E-state index in [1.165, 1.54) is 17.3 Å². The third-order valence-electron chi connectivity index (χ3n) is 4.22. The number of benzene rings is 2. The number of nitrogens with zero attached hydrogens (tertiary/aromatic N) is 2. The summed E-state index contributed by atoms with van der Waals surface area (Å²) in [6.45, 7) is 2.82. The van der Waals surface area contributed by atoms with Gasteiger partial charge in [-0.2, -0.15) is 0 Å². The molecule has 2 rings (SSSR count). The minimum atomic E-state index is -3.69. The van der Waals surface area contributed by atoms with Crippen LogP contribution >= 0.6 is 0 Å². The van der Waals surface area contributed by atoms with Gasteiger partial charge in [-0.15, -0.1) is 0 Å². The molecule has 2 N–H and O–H groups in total. The molecule has 0 aliphatic carbocycles. The van der Waals surface area contributed by atoms with Crippen molar-refractivity contribution in [2.24, 2.45) is 5.14 Å². The van der Waals surface area contributed by atoms with Crippen LogP contribution in [0.15, 0.2) is 53.4 Å². The molecule has 5 nitrogen and oxygen atoms in total. The van der Waals surface area contributed by atoms with E-state index >= 15 is 0 Å². The van der Waals surface area contributed by atoms with E-state index in [4.69, 9.17) is 5.14 Å². The van der Waals surface area contributed by atoms with Crippen molar-refractivity contribution in [3.63, 3.8) is 0 Å². The summed E-state index contributed by atoms with van der Waals surface area (Å²) in [6.07, 6.45) is 0. The molecular weight excluding hydrogens is 322 g/mol. The summed E-state index contributed by atoms with van der Waals surface area (Å²) < 4.78 is 23.1. The van der Waals surface area contributed by atoms with Crippen molar-refractivity contribution >= 4 is 15.7 Å². The molecule has 0 saturated heterocycles. The zero-order valence-corrected chi connectivity index (χ0v) is 15.4. The summed E-state index contributed by atoms with van der Waals surface area (Å²) in [7, 11) is 2.39. The number of sulfonamides is 1. The normalized spacial score (nSPS) is 13.1. The van der Waals surface area contributed by atoms with E-state index in [1.54, 1.807) is 12.1 Å². The van der Waals surface area contributed by atoms with Crippen LogP contribution in [0.5, 0.6) is 0 Å². The maximum atomic E-state index is 11.5. The van der Waals surface area contributed by atoms with E-state index in [2.05, 4.69) is 28.9 Å². The lowest BCUT2D eigenvalue weighted by atomic mass is 10.1. The van der Waals surface area contributed by atoms with Crippen LogP contribution < -0.4 is 10.0 Å². The Labute approximate surface area is 144 Å². The molecule has 0 aliphatic rings. The van der Waals surface area contributed by atoms with Gasteiger partial charge in [-0.3, -0.25) is 4.90 Å². The maximum Gasteiger partial charge on any atom is 0.238 e. The Kier molecular flexibility index (Phi) is 5.64. The van der Waals surface area contributed by atoms with Crippen molar-refractivity contribution < 1.29 is 8.42 Å². The van der Waals surface area contributed by atoms with E-state index in [9.17, 15) is 8.42 Å². The lowest BCUT2D eigenvalue weighted by Gasteiger charge is -2.27. The summed E-state index contributed by atoms with van der Waals surface area (Å²) in [5.41, 5.74) is 3.32. The van der Waals surface area contributed by atoms with Gasteiger partial charge >= 0.3 is 0 Å². The molecule has 1 atom stereocenters. The highest BCUT2D eigenvalue weighted by atomic mass is 32.2. The second-order valence-corrected chi connectivity index (χ2v) is 7.79. The Morgan fingerprint density at radius 2 is 1.71 bits per heavy atom. The number of para-hydroxylation sites is 1. The first-order chi connectivity index (χ1) is 11.2. The van der Waals surface area contributed by atoms with Gasteiger partial charge in [0.2, 0.25) is 10.0 Å². The largest absolute Gasteiger partial charge is 0.377 e. The first-order valence-electron chi connectivity index (χ1n) is 7.78. The molecule has 0 spiro atoms. The van der Waals surface area contributed by atoms with Crippen molar-refractivity contribution in [2.75, 3.05) is 26.0 Å². The average Bonchev–Trinajstić information content (AvgIpc) is 2.53. The molecule has 2 aromatic carbocycles. The number of nitrogens with two attached hydrogens (primary N) is 1. The topological polar surface area (TPSA) is 66.6 Å². The second kappa shape index (κ2) is 7.34. The second-order valence-electron chi connectivity index (χ2n) is 6.23. The van der Waals surface area contributed by atoms with Gasteiger partial charge < -0.3 is 4.90 Å². The number of anilines is 1. The van der Waals surface area contributed by atoms with Gasteiger partial charge in [0.15, 0.2) is 0 Å². The molecule has 0 aliphatic heterocycles. The van der Waals surface area contributed by atoms with E-state index in [-0.39, 0.29) is 10.9 Å². The van der Waals surface area contributed by atoms with E-state index < -0.39 is 10.0 Å². The molecule has 0 radical (unpaired) electrons. The van der Waals surface area contributed by atoms with Crippen LogP contribution in [-0.4, -0.2) is 34.5 Å². The average molecular weight is 347 g/mol. The summed E-state index contributed by atoms with van der Waals surface area (Å²) in [5, 5.41) is 5.23. The first kappa shape index (κ1) is 18.4. The molecule has 0 unspecified atom stereocenters. The molecule has 6 heteroatoms. The first-order valence-corrected chi connectivity index (χ1v) is 9.33. The Hall–Kier alpha value is -1.89. The summed E-state index contributed by atoms with van der Waals surface area (Å²) in [4.78, 5) is 4.42. The van der Waals surface area contributed by atoms with Crippen LogP contribution in [0.25, 0.3) is 0 Å². The molecule has 2 aromatic rings. The molecule has 0 bridgehead atoms. The van der Waals surface area contributed by atoms with Crippen LogP contribution in [0.3, 0.4) is 0 Å². The van der Waals surface area contributed by atoms with Crippen LogP contribution in [0, 0.1) is 0 Å². The van der Waals surface area contributed by atoms with E-state index in [0.717, 1.165) is 12.1 Å². The monoisotopic (exact) mass is 347 g/mol. The maximum absolute atomic E-state index is 11.5. The van der Waals surface area contributed by atoms with Crippen molar-refractivity contribution in [3.8, 4) is 0 Å². The van der Waals surface area contributed by atoms with Crippen LogP contribution in [0.4, 0.5) is 5.69 Å². The highest BCUT2D eigenvalue weighted by Crippen LogP contribution is 2.26. The fourth-order valence-corrected chi connectivity index (χ4v) is 3.26. The van der Waals surface area contributed by atoms with Crippen LogP contribution in [0.1, 0.15) is 24.1 Å². The highest BCUT2D eigenvalue weighted by molar-refractivity contribution is 7.89. The Morgan fingerprint density at radius 1 is 1.04 bits per heavy atom. The van der Waals surface area contributed by atoms with Gasteiger partial charge in [-0.1, -0.05) is 30.3 Å². The standard InChI is InChI=1S/C18H25N3O2S/c1-14(15-9-7-10-17(12-15)24(19,22)23)21(4)13-16-8-5-6-11-18(16)20(2)3/h5-12,14H,13H2,1-4H3,(H2,19,22,23)/t14-/m0/s1. The molecule has 0 heterocycles. The number of rotatable bonds is 6. The lowest BCUT2D eigenvalue weighted by Crippen LogP contribution is -2.24. The lowest BCUT2D eigenvalue weighted by molar-refractivity contribution is 0.253. The summed E-state index contributed by atoms with van der Waals surface area (Å²) in [5.74, 6) is 0. The van der Waals surface area contributed by atoms with E-state index in [1.807, 2.05) is 39.3 Å². The predicted molar refractivity (Wildman–Crippen MR) is 98.5 cm³/mol. The fourth-order valence-electron chi connectivity index (χ4n) is 2.69. The summed E-state index contributed by atoms with van der Waals surface area (Å²) in [6, 6.07) is 15.1. The van der Waals surface area contributed by atoms with Gasteiger partial charge in [-0.25, -0.2) is 13.6 Å². The molecule has 0 saturated carbocycles. The predicted octanol–water partition coefficient (Wildman–Crippen LogP) is 2.59. The Bertz CT molecular complexity index is 803. The Morgan fingerprint density at radius 3 is 2.33 bits per heavy atom. The summed E-state index contributed by atoms with van der Waals surface area (Å²) >= 11 is 0. The smallest absolute Gasteiger partial charge is 0.238 e. The van der Waals surface area contributed by atoms with Gasteiger partial charge in [0.05, 0.1) is 4.90 Å². The molecule has 130 valence electrons. The molecular formula is C18H25N3O2S.